The summed E-state index contributed by atoms with van der Waals surface area (Å²) >= 11 is 0. The Morgan fingerprint density at radius 1 is 1.46 bits per heavy atom. The smallest absolute Gasteiger partial charge is 0.333 e. The molecule has 13 heavy (non-hydrogen) atoms. The molecular weight excluding hydrogens is 164 g/mol. The van der Waals surface area contributed by atoms with E-state index in [0.717, 1.165) is 5.57 Å². The van der Waals surface area contributed by atoms with Crippen molar-refractivity contribution in [2.45, 2.75) is 32.6 Å². The summed E-state index contributed by atoms with van der Waals surface area (Å²) in [6.45, 7) is 2.35. The van der Waals surface area contributed by atoms with Gasteiger partial charge in [-0.15, -0.1) is 0 Å². The van der Waals surface area contributed by atoms with E-state index in [2.05, 4.69) is 6.08 Å². The highest BCUT2D eigenvalue weighted by molar-refractivity contribution is 5.89. The van der Waals surface area contributed by atoms with Gasteiger partial charge in [0, 0.05) is 5.57 Å². The van der Waals surface area contributed by atoms with E-state index in [4.69, 9.17) is 4.74 Å². The molecule has 0 saturated heterocycles. The van der Waals surface area contributed by atoms with Crippen LogP contribution >= 0.6 is 0 Å². The van der Waals surface area contributed by atoms with Gasteiger partial charge >= 0.3 is 5.97 Å². The summed E-state index contributed by atoms with van der Waals surface area (Å²) in [7, 11) is 0. The number of fused-ring (bicyclic) bond motifs is 2. The van der Waals surface area contributed by atoms with Crippen LogP contribution in [-0.2, 0) is 9.53 Å². The van der Waals surface area contributed by atoms with Gasteiger partial charge in [0.25, 0.3) is 0 Å². The molecule has 0 radical (unpaired) electrons. The summed E-state index contributed by atoms with van der Waals surface area (Å²) in [5.41, 5.74) is 0.962. The molecule has 72 valence electrons. The van der Waals surface area contributed by atoms with E-state index in [1.54, 1.807) is 0 Å². The van der Waals surface area contributed by atoms with E-state index < -0.39 is 0 Å². The summed E-state index contributed by atoms with van der Waals surface area (Å²) in [5, 5.41) is 0. The molecule has 1 fully saturated rings. The Hall–Kier alpha value is -0.790. The van der Waals surface area contributed by atoms with Gasteiger partial charge in [-0.1, -0.05) is 6.08 Å². The van der Waals surface area contributed by atoms with Crippen LogP contribution in [0.3, 0.4) is 0 Å². The van der Waals surface area contributed by atoms with Crippen LogP contribution in [0.15, 0.2) is 11.6 Å². The molecule has 1 saturated carbocycles. The van der Waals surface area contributed by atoms with Crippen LogP contribution in [0.4, 0.5) is 0 Å². The first-order chi connectivity index (χ1) is 6.31. The quantitative estimate of drug-likeness (QED) is 0.609. The molecule has 0 spiro atoms. The van der Waals surface area contributed by atoms with Crippen LogP contribution in [0.5, 0.6) is 0 Å². The normalized spacial score (nSPS) is 31.3. The van der Waals surface area contributed by atoms with Crippen molar-refractivity contribution in [1.29, 1.82) is 0 Å². The minimum atomic E-state index is -0.0723. The molecule has 3 rings (SSSR count). The van der Waals surface area contributed by atoms with Crippen LogP contribution in [0.25, 0.3) is 0 Å². The zero-order chi connectivity index (χ0) is 9.26. The summed E-state index contributed by atoms with van der Waals surface area (Å²) in [5.74, 6) is 1.09. The Labute approximate surface area is 79.0 Å². The van der Waals surface area contributed by atoms with Crippen molar-refractivity contribution in [2.24, 2.45) is 11.8 Å². The average molecular weight is 180 g/mol. The first-order valence-corrected chi connectivity index (χ1v) is 5.20. The maximum atomic E-state index is 11.5. The fourth-order valence-corrected chi connectivity index (χ4v) is 2.44. The van der Waals surface area contributed by atoms with E-state index in [0.29, 0.717) is 18.4 Å². The molecule has 0 unspecified atom stereocenters. The Morgan fingerprint density at radius 3 is 2.62 bits per heavy atom. The Bertz CT molecular complexity index is 234. The fourth-order valence-electron chi connectivity index (χ4n) is 2.44. The molecule has 0 N–H and O–H groups in total. The molecule has 3 aliphatic carbocycles. The summed E-state index contributed by atoms with van der Waals surface area (Å²) in [4.78, 5) is 11.5. The number of rotatable bonds is 2. The second-order valence-corrected chi connectivity index (χ2v) is 3.95. The summed E-state index contributed by atoms with van der Waals surface area (Å²) in [6, 6.07) is 0. The van der Waals surface area contributed by atoms with Gasteiger partial charge < -0.3 is 4.74 Å². The minimum absolute atomic E-state index is 0.0723. The molecule has 0 aromatic heterocycles. The lowest BCUT2D eigenvalue weighted by Crippen LogP contribution is -2.27. The zero-order valence-electron chi connectivity index (χ0n) is 8.08. The third kappa shape index (κ3) is 1.62. The van der Waals surface area contributed by atoms with Crippen LogP contribution in [0.1, 0.15) is 32.6 Å². The predicted octanol–water partition coefficient (Wildman–Crippen LogP) is 2.30. The molecule has 0 atom stereocenters. The maximum absolute atomic E-state index is 11.5. The van der Waals surface area contributed by atoms with Gasteiger partial charge in [0.1, 0.15) is 0 Å². The molecule has 0 amide bonds. The highest BCUT2D eigenvalue weighted by Gasteiger charge is 2.32. The number of hydrogen-bond acceptors (Lipinski definition) is 2. The van der Waals surface area contributed by atoms with Gasteiger partial charge in [-0.25, -0.2) is 4.79 Å². The van der Waals surface area contributed by atoms with E-state index in [9.17, 15) is 4.79 Å². The van der Waals surface area contributed by atoms with Crippen molar-refractivity contribution < 1.29 is 9.53 Å². The van der Waals surface area contributed by atoms with Gasteiger partial charge in [0.15, 0.2) is 0 Å². The van der Waals surface area contributed by atoms with Crippen molar-refractivity contribution in [3.05, 3.63) is 11.6 Å². The molecule has 2 heteroatoms. The second kappa shape index (κ2) is 3.52. The minimum Gasteiger partial charge on any atom is -0.463 e. The van der Waals surface area contributed by atoms with Gasteiger partial charge in [-0.3, -0.25) is 0 Å². The maximum Gasteiger partial charge on any atom is 0.333 e. The highest BCUT2D eigenvalue weighted by atomic mass is 16.5. The predicted molar refractivity (Wildman–Crippen MR) is 50.2 cm³/mol. The average Bonchev–Trinajstić information content (AvgIpc) is 2.20. The van der Waals surface area contributed by atoms with E-state index in [1.165, 1.54) is 25.7 Å². The number of carbonyl (C=O) groups excluding carboxylic acids is 1. The summed E-state index contributed by atoms with van der Waals surface area (Å²) in [6.07, 6.45) is 7.07. The van der Waals surface area contributed by atoms with Crippen LogP contribution in [0.2, 0.25) is 0 Å². The van der Waals surface area contributed by atoms with Crippen LogP contribution in [0, 0.1) is 11.8 Å². The van der Waals surface area contributed by atoms with Crippen molar-refractivity contribution in [2.75, 3.05) is 6.61 Å². The lowest BCUT2D eigenvalue weighted by Gasteiger charge is -2.34. The molecule has 2 bridgehead atoms. The fraction of sp³-hybridized carbons (Fsp3) is 0.727. The molecule has 0 aromatic rings. The van der Waals surface area contributed by atoms with Gasteiger partial charge in [0.2, 0.25) is 0 Å². The van der Waals surface area contributed by atoms with Crippen molar-refractivity contribution in [3.8, 4) is 0 Å². The Morgan fingerprint density at radius 2 is 2.15 bits per heavy atom. The van der Waals surface area contributed by atoms with Gasteiger partial charge in [-0.2, -0.15) is 0 Å². The van der Waals surface area contributed by atoms with E-state index >= 15 is 0 Å². The first-order valence-electron chi connectivity index (χ1n) is 5.20. The number of allylic oxidation sites excluding steroid dienone is 1. The number of carbonyl (C=O) groups is 1. The molecule has 2 nitrogen and oxygen atoms in total. The van der Waals surface area contributed by atoms with E-state index in [-0.39, 0.29) is 5.97 Å². The number of esters is 1. The molecule has 0 heterocycles. The lowest BCUT2D eigenvalue weighted by molar-refractivity contribution is -0.139. The van der Waals surface area contributed by atoms with Crippen molar-refractivity contribution >= 4 is 5.97 Å². The third-order valence-electron chi connectivity index (χ3n) is 3.14. The molecule has 3 aliphatic rings. The number of ether oxygens (including phenoxy) is 1. The van der Waals surface area contributed by atoms with E-state index in [1.807, 2.05) is 6.92 Å². The monoisotopic (exact) mass is 180 g/mol. The molecule has 0 aromatic carbocycles. The Balaban J connectivity index is 2.10. The van der Waals surface area contributed by atoms with Crippen molar-refractivity contribution in [3.63, 3.8) is 0 Å². The SMILES string of the molecule is CCOC(=O)C1=CC2CCC1CC2. The first kappa shape index (κ1) is 8.79. The van der Waals surface area contributed by atoms with Crippen molar-refractivity contribution in [1.82, 2.24) is 0 Å². The lowest BCUT2D eigenvalue weighted by atomic mass is 9.71. The highest BCUT2D eigenvalue weighted by Crippen LogP contribution is 2.40. The molecule has 0 aliphatic heterocycles. The largest absolute Gasteiger partial charge is 0.463 e. The topological polar surface area (TPSA) is 26.3 Å². The van der Waals surface area contributed by atoms with Gasteiger partial charge in [-0.05, 0) is 44.4 Å². The van der Waals surface area contributed by atoms with Crippen LogP contribution < -0.4 is 0 Å². The second-order valence-electron chi connectivity index (χ2n) is 3.95. The standard InChI is InChI=1S/C11H16O2/c1-2-13-11(12)10-7-8-3-5-9(10)6-4-8/h7-9H,2-6H2,1H3. The molecular formula is C11H16O2. The van der Waals surface area contributed by atoms with Gasteiger partial charge in [0.05, 0.1) is 6.61 Å². The van der Waals surface area contributed by atoms with Crippen LogP contribution in [-0.4, -0.2) is 12.6 Å². The number of hydrogen-bond donors (Lipinski definition) is 0. The third-order valence-corrected chi connectivity index (χ3v) is 3.14. The zero-order valence-corrected chi connectivity index (χ0v) is 8.08. The Kier molecular flexibility index (Phi) is 2.38. The summed E-state index contributed by atoms with van der Waals surface area (Å²) < 4.78 is 5.03.